The van der Waals surface area contributed by atoms with E-state index in [0.717, 1.165) is 0 Å². The number of nitrogens with one attached hydrogen (secondary N) is 1. The van der Waals surface area contributed by atoms with Gasteiger partial charge in [-0.15, -0.1) is 0 Å². The molecule has 2 N–H and O–H groups in total. The summed E-state index contributed by atoms with van der Waals surface area (Å²) in [4.78, 5) is 22.1. The molecule has 1 amide bonds. The van der Waals surface area contributed by atoms with E-state index in [1.54, 1.807) is 27.7 Å². The first-order chi connectivity index (χ1) is 7.17. The molecule has 0 rings (SSSR count). The zero-order valence-corrected chi connectivity index (χ0v) is 10.2. The molecule has 0 aromatic heterocycles. The Morgan fingerprint density at radius 3 is 2.25 bits per heavy atom. The third-order valence-corrected chi connectivity index (χ3v) is 1.79. The smallest absolute Gasteiger partial charge is 0.408 e. The van der Waals surface area contributed by atoms with Crippen LogP contribution < -0.4 is 5.32 Å². The Morgan fingerprint density at radius 2 is 1.94 bits per heavy atom. The zero-order chi connectivity index (χ0) is 12.9. The number of carbonyl (C=O) groups excluding carboxylic acids is 1. The van der Waals surface area contributed by atoms with Crippen molar-refractivity contribution in [1.29, 1.82) is 0 Å². The molecule has 0 fully saturated rings. The van der Waals surface area contributed by atoms with Crippen LogP contribution in [-0.4, -0.2) is 28.8 Å². The van der Waals surface area contributed by atoms with Crippen molar-refractivity contribution in [3.63, 3.8) is 0 Å². The number of amides is 1. The van der Waals surface area contributed by atoms with E-state index in [4.69, 9.17) is 9.84 Å². The first-order valence-electron chi connectivity index (χ1n) is 5.09. The number of ether oxygens (including phenoxy) is 1. The summed E-state index contributed by atoms with van der Waals surface area (Å²) in [6.07, 6.45) is -0.188. The summed E-state index contributed by atoms with van der Waals surface area (Å²) in [5, 5.41) is 11.2. The van der Waals surface area contributed by atoms with E-state index in [1.807, 2.05) is 0 Å². The maximum Gasteiger partial charge on any atom is 0.408 e. The largest absolute Gasteiger partial charge is 0.478 e. The summed E-state index contributed by atoms with van der Waals surface area (Å²) >= 11 is 0. The van der Waals surface area contributed by atoms with Crippen LogP contribution in [-0.2, 0) is 9.53 Å². The average Bonchev–Trinajstić information content (AvgIpc) is 2.09. The topological polar surface area (TPSA) is 75.6 Å². The molecule has 0 aliphatic carbocycles. The Labute approximate surface area is 95.5 Å². The fourth-order valence-electron chi connectivity index (χ4n) is 1.03. The first kappa shape index (κ1) is 14.5. The normalized spacial score (nSPS) is 12.8. The predicted molar refractivity (Wildman–Crippen MR) is 60.2 cm³/mol. The maximum atomic E-state index is 11.4. The molecule has 0 aromatic carbocycles. The molecule has 1 atom stereocenters. The number of alkyl carbamates (subject to hydrolysis) is 1. The molecule has 0 radical (unpaired) electrons. The number of carboxylic acid groups (broad SMARTS) is 1. The van der Waals surface area contributed by atoms with Crippen molar-refractivity contribution in [1.82, 2.24) is 5.32 Å². The summed E-state index contributed by atoms with van der Waals surface area (Å²) in [6, 6.07) is -0.604. The molecule has 92 valence electrons. The molecule has 16 heavy (non-hydrogen) atoms. The van der Waals surface area contributed by atoms with E-state index in [9.17, 15) is 9.59 Å². The van der Waals surface area contributed by atoms with Crippen LogP contribution in [0.1, 0.15) is 34.1 Å². The molecular formula is C11H19NO4. The van der Waals surface area contributed by atoms with Crippen molar-refractivity contribution in [2.45, 2.75) is 45.8 Å². The standard InChI is InChI=1S/C11H19NO4/c1-6-8(7(2)9(13)14)12-10(15)16-11(3,4)5/h8H,2,6H2,1,3-5H3,(H,12,15)(H,13,14)/t8-/m0/s1. The highest BCUT2D eigenvalue weighted by atomic mass is 16.6. The molecule has 0 saturated carbocycles. The third kappa shape index (κ3) is 5.38. The minimum Gasteiger partial charge on any atom is -0.478 e. The van der Waals surface area contributed by atoms with Crippen molar-refractivity contribution in [2.24, 2.45) is 0 Å². The maximum absolute atomic E-state index is 11.4. The number of carbonyl (C=O) groups is 2. The van der Waals surface area contributed by atoms with Gasteiger partial charge in [-0.1, -0.05) is 13.5 Å². The molecule has 0 aliphatic rings. The van der Waals surface area contributed by atoms with Gasteiger partial charge >= 0.3 is 12.1 Å². The van der Waals surface area contributed by atoms with Gasteiger partial charge in [-0.25, -0.2) is 9.59 Å². The quantitative estimate of drug-likeness (QED) is 0.722. The van der Waals surface area contributed by atoms with E-state index < -0.39 is 23.7 Å². The van der Waals surface area contributed by atoms with Crippen LogP contribution >= 0.6 is 0 Å². The van der Waals surface area contributed by atoms with Crippen molar-refractivity contribution in [2.75, 3.05) is 0 Å². The third-order valence-electron chi connectivity index (χ3n) is 1.79. The molecule has 0 spiro atoms. The van der Waals surface area contributed by atoms with Gasteiger partial charge < -0.3 is 15.2 Å². The zero-order valence-electron chi connectivity index (χ0n) is 10.2. The Morgan fingerprint density at radius 1 is 1.44 bits per heavy atom. The Balaban J connectivity index is 4.40. The van der Waals surface area contributed by atoms with Gasteiger partial charge in [0.1, 0.15) is 5.60 Å². The van der Waals surface area contributed by atoms with E-state index in [1.165, 1.54) is 0 Å². The lowest BCUT2D eigenvalue weighted by atomic mass is 10.1. The molecule has 0 heterocycles. The molecule has 0 saturated heterocycles. The van der Waals surface area contributed by atoms with Gasteiger partial charge in [0.2, 0.25) is 0 Å². The summed E-state index contributed by atoms with van der Waals surface area (Å²) in [5.41, 5.74) is -0.652. The first-order valence-corrected chi connectivity index (χ1v) is 5.09. The second-order valence-electron chi connectivity index (χ2n) is 4.44. The average molecular weight is 229 g/mol. The second-order valence-corrected chi connectivity index (χ2v) is 4.44. The lowest BCUT2D eigenvalue weighted by Gasteiger charge is -2.23. The van der Waals surface area contributed by atoms with Crippen LogP contribution in [0.2, 0.25) is 0 Å². The summed E-state index contributed by atoms with van der Waals surface area (Å²) in [6.45, 7) is 10.4. The van der Waals surface area contributed by atoms with E-state index in [-0.39, 0.29) is 5.57 Å². The molecule has 0 bridgehead atoms. The fraction of sp³-hybridized carbons (Fsp3) is 0.636. The highest BCUT2D eigenvalue weighted by Crippen LogP contribution is 2.09. The second kappa shape index (κ2) is 5.53. The molecule has 0 aromatic rings. The molecule has 0 unspecified atom stereocenters. The predicted octanol–water partition coefficient (Wildman–Crippen LogP) is 1.93. The van der Waals surface area contributed by atoms with Crippen LogP contribution in [0.3, 0.4) is 0 Å². The van der Waals surface area contributed by atoms with Gasteiger partial charge in [0.25, 0.3) is 0 Å². The molecular weight excluding hydrogens is 210 g/mol. The fourth-order valence-corrected chi connectivity index (χ4v) is 1.03. The van der Waals surface area contributed by atoms with Crippen molar-refractivity contribution in [3.05, 3.63) is 12.2 Å². The van der Waals surface area contributed by atoms with Crippen LogP contribution in [0, 0.1) is 0 Å². The Hall–Kier alpha value is -1.52. The highest BCUT2D eigenvalue weighted by molar-refractivity contribution is 5.88. The monoisotopic (exact) mass is 229 g/mol. The summed E-state index contributed by atoms with van der Waals surface area (Å²) < 4.78 is 5.02. The van der Waals surface area contributed by atoms with Crippen molar-refractivity contribution in [3.8, 4) is 0 Å². The summed E-state index contributed by atoms with van der Waals surface area (Å²) in [7, 11) is 0. The molecule has 5 nitrogen and oxygen atoms in total. The number of carboxylic acids is 1. The van der Waals surface area contributed by atoms with Gasteiger partial charge in [0.05, 0.1) is 11.6 Å². The van der Waals surface area contributed by atoms with Gasteiger partial charge in [0, 0.05) is 0 Å². The van der Waals surface area contributed by atoms with Crippen LogP contribution in [0.4, 0.5) is 4.79 Å². The Kier molecular flexibility index (Phi) is 5.01. The number of aliphatic carboxylic acids is 1. The lowest BCUT2D eigenvalue weighted by molar-refractivity contribution is -0.133. The lowest BCUT2D eigenvalue weighted by Crippen LogP contribution is -2.41. The van der Waals surface area contributed by atoms with Gasteiger partial charge in [0.15, 0.2) is 0 Å². The van der Waals surface area contributed by atoms with E-state index in [2.05, 4.69) is 11.9 Å². The van der Waals surface area contributed by atoms with Crippen molar-refractivity contribution >= 4 is 12.1 Å². The van der Waals surface area contributed by atoms with Crippen LogP contribution in [0.15, 0.2) is 12.2 Å². The molecule has 5 heteroatoms. The minimum absolute atomic E-state index is 0.0478. The Bertz CT molecular complexity index is 291. The summed E-state index contributed by atoms with van der Waals surface area (Å²) in [5.74, 6) is -1.12. The van der Waals surface area contributed by atoms with Crippen molar-refractivity contribution < 1.29 is 19.4 Å². The number of hydrogen-bond acceptors (Lipinski definition) is 3. The SMILES string of the molecule is C=C(C(=O)O)[C@H](CC)NC(=O)OC(C)(C)C. The van der Waals surface area contributed by atoms with Crippen LogP contribution in [0.5, 0.6) is 0 Å². The van der Waals surface area contributed by atoms with Gasteiger partial charge in [-0.3, -0.25) is 0 Å². The van der Waals surface area contributed by atoms with Crippen LogP contribution in [0.25, 0.3) is 0 Å². The minimum atomic E-state index is -1.12. The molecule has 0 aliphatic heterocycles. The van der Waals surface area contributed by atoms with E-state index in [0.29, 0.717) is 6.42 Å². The van der Waals surface area contributed by atoms with Gasteiger partial charge in [-0.05, 0) is 27.2 Å². The van der Waals surface area contributed by atoms with E-state index >= 15 is 0 Å². The highest BCUT2D eigenvalue weighted by Gasteiger charge is 2.22. The van der Waals surface area contributed by atoms with Gasteiger partial charge in [-0.2, -0.15) is 0 Å². The number of hydrogen-bond donors (Lipinski definition) is 2. The number of rotatable bonds is 4.